The summed E-state index contributed by atoms with van der Waals surface area (Å²) >= 11 is 5.64. The summed E-state index contributed by atoms with van der Waals surface area (Å²) in [6.07, 6.45) is 3.57. The van der Waals surface area contributed by atoms with Gasteiger partial charge in [-0.05, 0) is 48.9 Å². The van der Waals surface area contributed by atoms with Crippen molar-refractivity contribution in [1.29, 1.82) is 0 Å². The minimum Gasteiger partial charge on any atom is -0.379 e. The fraction of sp³-hybridized carbons (Fsp3) is 0.500. The van der Waals surface area contributed by atoms with Crippen LogP contribution < -0.4 is 9.80 Å². The third-order valence-corrected chi connectivity index (χ3v) is 7.69. The number of anilines is 2. The molecule has 3 aliphatic heterocycles. The van der Waals surface area contributed by atoms with Gasteiger partial charge >= 0.3 is 0 Å². The molecule has 5 rings (SSSR count). The number of morpholine rings is 1. The van der Waals surface area contributed by atoms with E-state index in [9.17, 15) is 29.8 Å². The summed E-state index contributed by atoms with van der Waals surface area (Å²) in [5.41, 5.74) is 3.52. The lowest BCUT2D eigenvalue weighted by Crippen LogP contribution is -2.40. The minimum atomic E-state index is -0.417. The van der Waals surface area contributed by atoms with E-state index in [1.54, 1.807) is 34.1 Å². The van der Waals surface area contributed by atoms with E-state index in [1.165, 1.54) is 12.1 Å². The van der Waals surface area contributed by atoms with Gasteiger partial charge in [-0.1, -0.05) is 0 Å². The first-order valence-corrected chi connectivity index (χ1v) is 14.3. The molecule has 0 N–H and O–H groups in total. The van der Waals surface area contributed by atoms with Crippen molar-refractivity contribution < 1.29 is 24.2 Å². The average molecular weight is 588 g/mol. The summed E-state index contributed by atoms with van der Waals surface area (Å²) in [7, 11) is 0. The molecule has 0 saturated carbocycles. The van der Waals surface area contributed by atoms with Gasteiger partial charge in [0.25, 0.3) is 11.4 Å². The van der Waals surface area contributed by atoms with E-state index in [2.05, 4.69) is 4.90 Å². The molecule has 3 aliphatic rings. The van der Waals surface area contributed by atoms with Gasteiger partial charge in [0.15, 0.2) is 0 Å². The lowest BCUT2D eigenvalue weighted by atomic mass is 10.00. The Bertz CT molecular complexity index is 1280. The summed E-state index contributed by atoms with van der Waals surface area (Å²) in [5, 5.41) is 21.6. The normalized spacial score (nSPS) is 16.9. The lowest BCUT2D eigenvalue weighted by Gasteiger charge is -2.31. The van der Waals surface area contributed by atoms with E-state index in [0.717, 1.165) is 61.8 Å². The van der Waals surface area contributed by atoms with Crippen LogP contribution >= 0.6 is 11.6 Å². The van der Waals surface area contributed by atoms with Crippen LogP contribution in [-0.4, -0.2) is 78.4 Å². The number of carbonyl (C=O) groups is 2. The first kappa shape index (κ1) is 30.4. The molecule has 2 aromatic rings. The van der Waals surface area contributed by atoms with Crippen LogP contribution in [-0.2, 0) is 27.2 Å². The number of ether oxygens (including phenoxy) is 1. The number of benzene rings is 2. The van der Waals surface area contributed by atoms with Crippen LogP contribution in [0.2, 0.25) is 0 Å². The molecule has 0 aromatic heterocycles. The predicted octanol–water partition coefficient (Wildman–Crippen LogP) is 4.10. The number of rotatable bonds is 9. The first-order valence-electron chi connectivity index (χ1n) is 13.8. The highest BCUT2D eigenvalue weighted by atomic mass is 35.5. The van der Waals surface area contributed by atoms with Crippen LogP contribution in [0.15, 0.2) is 36.4 Å². The van der Waals surface area contributed by atoms with Gasteiger partial charge in [-0.2, -0.15) is 0 Å². The smallest absolute Gasteiger partial charge is 0.269 e. The first-order chi connectivity index (χ1) is 19.8. The fourth-order valence-corrected chi connectivity index (χ4v) is 5.42. The number of aryl methyl sites for hydroxylation is 2. The second-order valence-corrected chi connectivity index (χ2v) is 10.5. The molecule has 0 bridgehead atoms. The maximum absolute atomic E-state index is 12.2. The number of carbonyl (C=O) groups excluding carboxylic acids is 2. The van der Waals surface area contributed by atoms with E-state index in [4.69, 9.17) is 16.3 Å². The molecular weight excluding hydrogens is 554 g/mol. The maximum atomic E-state index is 12.2. The van der Waals surface area contributed by atoms with Crippen LogP contribution in [0.25, 0.3) is 0 Å². The van der Waals surface area contributed by atoms with Crippen LogP contribution in [0.1, 0.15) is 36.8 Å². The van der Waals surface area contributed by atoms with Crippen molar-refractivity contribution in [2.24, 2.45) is 0 Å². The molecule has 2 aromatic carbocycles. The number of alkyl halides is 1. The molecule has 1 saturated heterocycles. The molecule has 0 atom stereocenters. The van der Waals surface area contributed by atoms with Crippen LogP contribution in [0, 0.1) is 20.2 Å². The van der Waals surface area contributed by atoms with Gasteiger partial charge in [-0.15, -0.1) is 11.6 Å². The molecule has 3 heterocycles. The molecular formula is C28H34ClN5O7. The zero-order chi connectivity index (χ0) is 29.4. The van der Waals surface area contributed by atoms with Gasteiger partial charge in [0, 0.05) is 87.1 Å². The van der Waals surface area contributed by atoms with Gasteiger partial charge in [-0.3, -0.25) is 34.7 Å². The molecule has 1 fully saturated rings. The molecule has 220 valence electrons. The minimum absolute atomic E-state index is 0.0569. The summed E-state index contributed by atoms with van der Waals surface area (Å²) in [5.74, 6) is 0.654. The second kappa shape index (κ2) is 14.3. The van der Waals surface area contributed by atoms with Crippen molar-refractivity contribution in [2.45, 2.75) is 38.5 Å². The van der Waals surface area contributed by atoms with Crippen LogP contribution in [0.5, 0.6) is 0 Å². The Kier molecular flexibility index (Phi) is 10.6. The molecule has 0 aliphatic carbocycles. The Morgan fingerprint density at radius 3 is 1.68 bits per heavy atom. The zero-order valence-electron chi connectivity index (χ0n) is 22.8. The SMILES string of the molecule is O=C1CCc2cc([N+](=O)[O-])ccc2N1CCCCl.O=C1CCc2cc([N+](=O)[O-])ccc2N1CCCN1CCOCC1. The van der Waals surface area contributed by atoms with Crippen molar-refractivity contribution in [3.63, 3.8) is 0 Å². The average Bonchev–Trinajstić information content (AvgIpc) is 2.98. The Hall–Kier alpha value is -3.61. The quantitative estimate of drug-likeness (QED) is 0.243. The van der Waals surface area contributed by atoms with Gasteiger partial charge in [0.05, 0.1) is 23.1 Å². The van der Waals surface area contributed by atoms with E-state index in [-0.39, 0.29) is 28.1 Å². The third-order valence-electron chi connectivity index (χ3n) is 7.42. The molecule has 13 heteroatoms. The number of nitrogens with zero attached hydrogens (tertiary/aromatic N) is 5. The third kappa shape index (κ3) is 7.78. The van der Waals surface area contributed by atoms with Crippen LogP contribution in [0.3, 0.4) is 0 Å². The van der Waals surface area contributed by atoms with Crippen LogP contribution in [0.4, 0.5) is 22.7 Å². The van der Waals surface area contributed by atoms with Crippen molar-refractivity contribution in [3.8, 4) is 0 Å². The van der Waals surface area contributed by atoms with Gasteiger partial charge < -0.3 is 14.5 Å². The number of hydrogen-bond donors (Lipinski definition) is 0. The monoisotopic (exact) mass is 587 g/mol. The number of nitro groups is 2. The van der Waals surface area contributed by atoms with Crippen molar-refractivity contribution >= 4 is 46.2 Å². The molecule has 0 radical (unpaired) electrons. The number of non-ortho nitro benzene ring substituents is 2. The second-order valence-electron chi connectivity index (χ2n) is 10.1. The standard InChI is InChI=1S/C16H21N3O4.C12H13ClN2O3/c20-16-5-2-13-12-14(19(21)22)3-4-15(13)18(16)7-1-6-17-8-10-23-11-9-17;13-6-1-7-14-11-4-3-10(15(17)18)8-9(11)2-5-12(14)16/h3-4,12H,1-2,5-11H2;3-4,8H,1-2,5-7H2. The van der Waals surface area contributed by atoms with Gasteiger partial charge in [-0.25, -0.2) is 0 Å². The van der Waals surface area contributed by atoms with Crippen molar-refractivity contribution in [2.75, 3.05) is 61.6 Å². The number of halogens is 1. The zero-order valence-corrected chi connectivity index (χ0v) is 23.6. The molecule has 41 heavy (non-hydrogen) atoms. The molecule has 0 unspecified atom stereocenters. The highest BCUT2D eigenvalue weighted by Crippen LogP contribution is 2.32. The number of hydrogen-bond acceptors (Lipinski definition) is 8. The topological polar surface area (TPSA) is 139 Å². The Labute approximate surface area is 243 Å². The molecule has 12 nitrogen and oxygen atoms in total. The van der Waals surface area contributed by atoms with E-state index >= 15 is 0 Å². The largest absolute Gasteiger partial charge is 0.379 e. The Morgan fingerprint density at radius 1 is 0.732 bits per heavy atom. The molecule has 0 spiro atoms. The van der Waals surface area contributed by atoms with Gasteiger partial charge in [0.2, 0.25) is 11.8 Å². The highest BCUT2D eigenvalue weighted by Gasteiger charge is 2.26. The Balaban J connectivity index is 0.000000195. The lowest BCUT2D eigenvalue weighted by molar-refractivity contribution is -0.385. The Morgan fingerprint density at radius 2 is 1.22 bits per heavy atom. The molecule has 2 amide bonds. The van der Waals surface area contributed by atoms with Gasteiger partial charge in [0.1, 0.15) is 0 Å². The van der Waals surface area contributed by atoms with E-state index in [0.29, 0.717) is 51.1 Å². The van der Waals surface area contributed by atoms with E-state index < -0.39 is 4.92 Å². The summed E-state index contributed by atoms with van der Waals surface area (Å²) in [4.78, 5) is 50.6. The van der Waals surface area contributed by atoms with E-state index in [1.807, 2.05) is 0 Å². The fourth-order valence-electron chi connectivity index (χ4n) is 5.31. The van der Waals surface area contributed by atoms with Crippen molar-refractivity contribution in [3.05, 3.63) is 67.8 Å². The number of fused-ring (bicyclic) bond motifs is 2. The summed E-state index contributed by atoms with van der Waals surface area (Å²) in [6, 6.07) is 9.42. The maximum Gasteiger partial charge on any atom is 0.269 e. The highest BCUT2D eigenvalue weighted by molar-refractivity contribution is 6.17. The summed E-state index contributed by atoms with van der Waals surface area (Å²) < 4.78 is 5.33. The number of nitro benzene ring substituents is 2. The number of amides is 2. The summed E-state index contributed by atoms with van der Waals surface area (Å²) in [6.45, 7) is 5.58. The predicted molar refractivity (Wildman–Crippen MR) is 155 cm³/mol. The van der Waals surface area contributed by atoms with Crippen molar-refractivity contribution in [1.82, 2.24) is 4.90 Å².